The lowest BCUT2D eigenvalue weighted by Gasteiger charge is -2.07. The third kappa shape index (κ3) is 2.92. The number of hydrogen-bond acceptors (Lipinski definition) is 5. The van der Waals surface area contributed by atoms with Gasteiger partial charge in [-0.25, -0.2) is 4.68 Å². The minimum absolute atomic E-state index is 0.182. The summed E-state index contributed by atoms with van der Waals surface area (Å²) in [5.74, 6) is 0.182. The number of hydrogen-bond donors (Lipinski definition) is 1. The van der Waals surface area contributed by atoms with Gasteiger partial charge in [0.1, 0.15) is 0 Å². The Morgan fingerprint density at radius 1 is 1.55 bits per heavy atom. The third-order valence-electron chi connectivity index (χ3n) is 2.56. The normalized spacial score (nSPS) is 10.9. The molecule has 0 radical (unpaired) electrons. The van der Waals surface area contributed by atoms with Crippen LogP contribution in [0.25, 0.3) is 11.9 Å². The van der Waals surface area contributed by atoms with Crippen LogP contribution in [0, 0.1) is 11.3 Å². The van der Waals surface area contributed by atoms with Crippen LogP contribution in [-0.2, 0) is 0 Å². The zero-order chi connectivity index (χ0) is 14.5. The standard InChI is InChI=1S/C13H10BrN5O/c1-16-11(10-4-2-3-9(5-10)6-15)7-19-12(8-20)17-13(14)18-19/h2-5,7-8,16H,1H3/b11-7-. The molecule has 0 saturated carbocycles. The fraction of sp³-hybridized carbons (Fsp3) is 0.0769. The Morgan fingerprint density at radius 2 is 2.35 bits per heavy atom. The minimum atomic E-state index is 0.182. The largest absolute Gasteiger partial charge is 0.386 e. The lowest BCUT2D eigenvalue weighted by molar-refractivity contribution is 0.111. The summed E-state index contributed by atoms with van der Waals surface area (Å²) in [6.45, 7) is 0. The zero-order valence-electron chi connectivity index (χ0n) is 10.5. The van der Waals surface area contributed by atoms with Gasteiger partial charge in [-0.05, 0) is 28.1 Å². The van der Waals surface area contributed by atoms with Crippen LogP contribution in [0.5, 0.6) is 0 Å². The van der Waals surface area contributed by atoms with Gasteiger partial charge in [0, 0.05) is 12.6 Å². The molecule has 0 aliphatic carbocycles. The topological polar surface area (TPSA) is 83.6 Å². The van der Waals surface area contributed by atoms with Crippen molar-refractivity contribution in [1.82, 2.24) is 20.1 Å². The Morgan fingerprint density at radius 3 is 3.00 bits per heavy atom. The average Bonchev–Trinajstić information content (AvgIpc) is 2.84. The SMILES string of the molecule is CN/C(=C\n1nc(Br)nc1C=O)c1cccc(C#N)c1. The van der Waals surface area contributed by atoms with Crippen LogP contribution >= 0.6 is 15.9 Å². The lowest BCUT2D eigenvalue weighted by atomic mass is 10.1. The van der Waals surface area contributed by atoms with Gasteiger partial charge in [0.2, 0.25) is 4.73 Å². The van der Waals surface area contributed by atoms with Crippen LogP contribution in [-0.4, -0.2) is 28.1 Å². The summed E-state index contributed by atoms with van der Waals surface area (Å²) in [6.07, 6.45) is 2.26. The molecule has 7 heteroatoms. The van der Waals surface area contributed by atoms with Crippen LogP contribution in [0.3, 0.4) is 0 Å². The first-order valence-corrected chi connectivity index (χ1v) is 6.44. The van der Waals surface area contributed by atoms with Crippen molar-refractivity contribution in [2.45, 2.75) is 0 Å². The first-order chi connectivity index (χ1) is 9.67. The minimum Gasteiger partial charge on any atom is -0.386 e. The highest BCUT2D eigenvalue weighted by Crippen LogP contribution is 2.15. The number of carbonyl (C=O) groups is 1. The van der Waals surface area contributed by atoms with Gasteiger partial charge < -0.3 is 5.32 Å². The van der Waals surface area contributed by atoms with Crippen molar-refractivity contribution in [3.63, 3.8) is 0 Å². The number of nitrogens with zero attached hydrogens (tertiary/aromatic N) is 4. The highest BCUT2D eigenvalue weighted by Gasteiger charge is 2.07. The Hall–Kier alpha value is -2.46. The van der Waals surface area contributed by atoms with Gasteiger partial charge in [0.15, 0.2) is 12.1 Å². The summed E-state index contributed by atoms with van der Waals surface area (Å²) in [6, 6.07) is 9.20. The van der Waals surface area contributed by atoms with Crippen molar-refractivity contribution in [1.29, 1.82) is 5.26 Å². The fourth-order valence-corrected chi connectivity index (χ4v) is 2.00. The predicted octanol–water partition coefficient (Wildman–Crippen LogP) is 1.90. The summed E-state index contributed by atoms with van der Waals surface area (Å²) in [7, 11) is 1.75. The van der Waals surface area contributed by atoms with Crippen LogP contribution < -0.4 is 5.32 Å². The van der Waals surface area contributed by atoms with E-state index in [1.54, 1.807) is 31.4 Å². The van der Waals surface area contributed by atoms with E-state index in [2.05, 4.69) is 37.4 Å². The molecule has 2 rings (SSSR count). The number of benzene rings is 1. The average molecular weight is 332 g/mol. The third-order valence-corrected chi connectivity index (χ3v) is 2.90. The van der Waals surface area contributed by atoms with Crippen LogP contribution in [0.1, 0.15) is 21.7 Å². The van der Waals surface area contributed by atoms with Crippen LogP contribution in [0.4, 0.5) is 0 Å². The van der Waals surface area contributed by atoms with Gasteiger partial charge in [-0.15, -0.1) is 5.10 Å². The second kappa shape index (κ2) is 6.12. The van der Waals surface area contributed by atoms with E-state index >= 15 is 0 Å². The van der Waals surface area contributed by atoms with Crippen molar-refractivity contribution in [3.05, 3.63) is 46.0 Å². The van der Waals surface area contributed by atoms with Gasteiger partial charge in [-0.2, -0.15) is 10.2 Å². The number of rotatable bonds is 4. The number of carbonyl (C=O) groups excluding carboxylic acids is 1. The van der Waals surface area contributed by atoms with Crippen molar-refractivity contribution >= 4 is 34.1 Å². The Balaban J connectivity index is 2.48. The van der Waals surface area contributed by atoms with E-state index in [1.165, 1.54) is 4.68 Å². The Bertz CT molecular complexity index is 714. The highest BCUT2D eigenvalue weighted by molar-refractivity contribution is 9.10. The molecule has 20 heavy (non-hydrogen) atoms. The molecule has 0 amide bonds. The molecule has 0 bridgehead atoms. The van der Waals surface area contributed by atoms with E-state index in [0.29, 0.717) is 22.3 Å². The highest BCUT2D eigenvalue weighted by atomic mass is 79.9. The first-order valence-electron chi connectivity index (χ1n) is 5.65. The van der Waals surface area contributed by atoms with E-state index in [9.17, 15) is 4.79 Å². The Labute approximate surface area is 123 Å². The van der Waals surface area contributed by atoms with Gasteiger partial charge in [-0.1, -0.05) is 12.1 Å². The zero-order valence-corrected chi connectivity index (χ0v) is 12.1. The molecule has 0 fully saturated rings. The molecule has 0 unspecified atom stereocenters. The fourth-order valence-electron chi connectivity index (χ4n) is 1.65. The summed E-state index contributed by atoms with van der Waals surface area (Å²) >= 11 is 3.12. The maximum absolute atomic E-state index is 10.9. The summed E-state index contributed by atoms with van der Waals surface area (Å²) in [4.78, 5) is 14.8. The number of nitrogens with one attached hydrogen (secondary N) is 1. The molecular formula is C13H10BrN5O. The molecule has 1 heterocycles. The molecule has 100 valence electrons. The molecule has 1 N–H and O–H groups in total. The van der Waals surface area contributed by atoms with E-state index in [1.807, 2.05) is 6.07 Å². The molecule has 0 spiro atoms. The second-order valence-corrected chi connectivity index (χ2v) is 4.50. The van der Waals surface area contributed by atoms with Gasteiger partial charge in [0.05, 0.1) is 23.5 Å². The molecule has 2 aromatic rings. The maximum Gasteiger partial charge on any atom is 0.218 e. The molecule has 0 aliphatic rings. The van der Waals surface area contributed by atoms with Gasteiger partial charge >= 0.3 is 0 Å². The molecule has 1 aromatic heterocycles. The summed E-state index contributed by atoms with van der Waals surface area (Å²) in [5, 5.41) is 16.0. The lowest BCUT2D eigenvalue weighted by Crippen LogP contribution is -2.08. The van der Waals surface area contributed by atoms with Crippen molar-refractivity contribution in [2.75, 3.05) is 7.05 Å². The molecule has 0 saturated heterocycles. The maximum atomic E-state index is 10.9. The molecule has 1 aromatic carbocycles. The number of aromatic nitrogens is 3. The van der Waals surface area contributed by atoms with Gasteiger partial charge in [0.25, 0.3) is 0 Å². The monoisotopic (exact) mass is 331 g/mol. The molecule has 0 atom stereocenters. The van der Waals surface area contributed by atoms with Crippen molar-refractivity contribution in [2.24, 2.45) is 0 Å². The van der Waals surface area contributed by atoms with E-state index in [-0.39, 0.29) is 5.82 Å². The molecule has 0 aliphatic heterocycles. The van der Waals surface area contributed by atoms with Crippen molar-refractivity contribution < 1.29 is 4.79 Å². The number of aldehydes is 1. The second-order valence-electron chi connectivity index (χ2n) is 3.79. The first kappa shape index (κ1) is 14.0. The van der Waals surface area contributed by atoms with Crippen LogP contribution in [0.2, 0.25) is 0 Å². The van der Waals surface area contributed by atoms with E-state index in [0.717, 1.165) is 5.56 Å². The van der Waals surface area contributed by atoms with E-state index in [4.69, 9.17) is 5.26 Å². The summed E-state index contributed by atoms with van der Waals surface area (Å²) in [5.41, 5.74) is 2.08. The van der Waals surface area contributed by atoms with E-state index < -0.39 is 0 Å². The summed E-state index contributed by atoms with van der Waals surface area (Å²) < 4.78 is 1.69. The van der Waals surface area contributed by atoms with Gasteiger partial charge in [-0.3, -0.25) is 4.79 Å². The van der Waals surface area contributed by atoms with Crippen LogP contribution in [0.15, 0.2) is 29.0 Å². The molecule has 6 nitrogen and oxygen atoms in total. The Kier molecular flexibility index (Phi) is 4.27. The quantitative estimate of drug-likeness (QED) is 0.865. The number of nitriles is 1. The smallest absolute Gasteiger partial charge is 0.218 e. The predicted molar refractivity (Wildman–Crippen MR) is 77.5 cm³/mol. The molecular weight excluding hydrogens is 322 g/mol. The van der Waals surface area contributed by atoms with Crippen molar-refractivity contribution in [3.8, 4) is 6.07 Å². The number of halogens is 1.